The normalized spacial score (nSPS) is 18.3. The van der Waals surface area contributed by atoms with Crippen LogP contribution in [-0.4, -0.2) is 30.1 Å². The van der Waals surface area contributed by atoms with Gasteiger partial charge in [0.05, 0.1) is 29.3 Å². The maximum absolute atomic E-state index is 13.2. The number of nitrogen functional groups attached to an aromatic ring is 1. The lowest BCUT2D eigenvalue weighted by Gasteiger charge is -2.11. The Morgan fingerprint density at radius 3 is 2.89 bits per heavy atom. The van der Waals surface area contributed by atoms with Gasteiger partial charge in [0.1, 0.15) is 5.56 Å². The van der Waals surface area contributed by atoms with Crippen LogP contribution in [0.5, 0.6) is 0 Å². The molecule has 1 aliphatic rings. The third-order valence-electron chi connectivity index (χ3n) is 2.82. The van der Waals surface area contributed by atoms with Crippen molar-refractivity contribution < 1.29 is 18.8 Å². The lowest BCUT2D eigenvalue weighted by atomic mass is 10.1. The largest absolute Gasteiger partial charge is 0.396 e. The second-order valence-electron chi connectivity index (χ2n) is 4.18. The van der Waals surface area contributed by atoms with Crippen LogP contribution in [0.25, 0.3) is 0 Å². The first-order chi connectivity index (χ1) is 8.99. The topological polar surface area (TPSA) is 107 Å². The van der Waals surface area contributed by atoms with E-state index < -0.39 is 22.3 Å². The number of carbonyl (C=O) groups is 1. The summed E-state index contributed by atoms with van der Waals surface area (Å²) in [6.07, 6.45) is 0.635. The van der Waals surface area contributed by atoms with Gasteiger partial charge >= 0.3 is 0 Å². The third-order valence-corrected chi connectivity index (χ3v) is 2.82. The van der Waals surface area contributed by atoms with Crippen LogP contribution < -0.4 is 11.1 Å². The number of amides is 1. The van der Waals surface area contributed by atoms with Crippen LogP contribution in [0.15, 0.2) is 12.1 Å². The zero-order chi connectivity index (χ0) is 14.0. The number of hydrogen-bond donors (Lipinski definition) is 2. The summed E-state index contributed by atoms with van der Waals surface area (Å²) in [7, 11) is 0. The Hall–Kier alpha value is -2.22. The predicted molar refractivity (Wildman–Crippen MR) is 64.2 cm³/mol. The summed E-state index contributed by atoms with van der Waals surface area (Å²) in [6, 6.07) is 1.42. The number of rotatable bonds is 3. The number of benzene rings is 1. The summed E-state index contributed by atoms with van der Waals surface area (Å²) in [6.45, 7) is 0.884. The van der Waals surface area contributed by atoms with E-state index in [1.165, 1.54) is 0 Å². The van der Waals surface area contributed by atoms with Gasteiger partial charge in [-0.3, -0.25) is 14.9 Å². The van der Waals surface area contributed by atoms with Crippen LogP contribution in [0.4, 0.5) is 15.8 Å². The van der Waals surface area contributed by atoms with Crippen molar-refractivity contribution in [2.24, 2.45) is 0 Å². The number of ether oxygens (including phenoxy) is 1. The van der Waals surface area contributed by atoms with Crippen LogP contribution in [0, 0.1) is 15.9 Å². The van der Waals surface area contributed by atoms with E-state index in [0.717, 1.165) is 6.07 Å². The van der Waals surface area contributed by atoms with E-state index in [4.69, 9.17) is 10.5 Å². The van der Waals surface area contributed by atoms with E-state index in [1.807, 2.05) is 0 Å². The Morgan fingerprint density at radius 2 is 2.32 bits per heavy atom. The highest BCUT2D eigenvalue weighted by molar-refractivity contribution is 5.99. The average Bonchev–Trinajstić information content (AvgIpc) is 2.84. The highest BCUT2D eigenvalue weighted by Crippen LogP contribution is 2.24. The molecular weight excluding hydrogens is 257 g/mol. The van der Waals surface area contributed by atoms with Gasteiger partial charge in [-0.05, 0) is 12.5 Å². The first-order valence-electron chi connectivity index (χ1n) is 5.61. The van der Waals surface area contributed by atoms with Crippen molar-refractivity contribution in [2.45, 2.75) is 12.5 Å². The molecule has 7 nitrogen and oxygen atoms in total. The van der Waals surface area contributed by atoms with E-state index in [-0.39, 0.29) is 17.3 Å². The molecule has 0 aromatic heterocycles. The van der Waals surface area contributed by atoms with Gasteiger partial charge in [0.2, 0.25) is 0 Å². The molecule has 1 heterocycles. The van der Waals surface area contributed by atoms with Gasteiger partial charge in [0.25, 0.3) is 11.6 Å². The van der Waals surface area contributed by atoms with Crippen molar-refractivity contribution >= 4 is 17.3 Å². The fraction of sp³-hybridized carbons (Fsp3) is 0.364. The van der Waals surface area contributed by atoms with E-state index in [2.05, 4.69) is 5.32 Å². The van der Waals surface area contributed by atoms with Gasteiger partial charge in [-0.15, -0.1) is 0 Å². The molecule has 1 unspecified atom stereocenters. The number of nitrogens with one attached hydrogen (secondary N) is 1. The quantitative estimate of drug-likeness (QED) is 0.480. The number of nitrogens with zero attached hydrogens (tertiary/aromatic N) is 1. The van der Waals surface area contributed by atoms with Crippen LogP contribution in [0.2, 0.25) is 0 Å². The molecule has 2 rings (SSSR count). The van der Waals surface area contributed by atoms with Gasteiger partial charge in [-0.25, -0.2) is 4.39 Å². The number of carbonyl (C=O) groups excluding carboxylic acids is 1. The van der Waals surface area contributed by atoms with Crippen molar-refractivity contribution in [3.05, 3.63) is 33.6 Å². The second kappa shape index (κ2) is 5.19. The number of nitro groups is 1. The molecule has 0 aliphatic carbocycles. The number of halogens is 1. The summed E-state index contributed by atoms with van der Waals surface area (Å²) >= 11 is 0. The van der Waals surface area contributed by atoms with Gasteiger partial charge in [-0.1, -0.05) is 0 Å². The van der Waals surface area contributed by atoms with Crippen LogP contribution in [0.1, 0.15) is 16.8 Å². The third kappa shape index (κ3) is 2.79. The van der Waals surface area contributed by atoms with Crippen molar-refractivity contribution in [3.8, 4) is 0 Å². The second-order valence-corrected chi connectivity index (χ2v) is 4.18. The minimum Gasteiger partial charge on any atom is -0.396 e. The Labute approximate surface area is 107 Å². The zero-order valence-electron chi connectivity index (χ0n) is 9.89. The summed E-state index contributed by atoms with van der Waals surface area (Å²) in [5.41, 5.74) is 4.16. The van der Waals surface area contributed by atoms with E-state index in [0.29, 0.717) is 25.7 Å². The zero-order valence-corrected chi connectivity index (χ0v) is 9.89. The molecular formula is C11H12FN3O4. The maximum atomic E-state index is 13.2. The monoisotopic (exact) mass is 269 g/mol. The molecule has 1 atom stereocenters. The Kier molecular flexibility index (Phi) is 3.61. The van der Waals surface area contributed by atoms with E-state index in [1.54, 1.807) is 0 Å². The number of nitrogens with two attached hydrogens (primary N) is 1. The van der Waals surface area contributed by atoms with Crippen molar-refractivity contribution in [3.63, 3.8) is 0 Å². The molecule has 0 bridgehead atoms. The molecule has 19 heavy (non-hydrogen) atoms. The summed E-state index contributed by atoms with van der Waals surface area (Å²) in [5, 5.41) is 13.4. The number of hydrogen-bond acceptors (Lipinski definition) is 5. The van der Waals surface area contributed by atoms with E-state index in [9.17, 15) is 19.3 Å². The predicted octanol–water partition coefficient (Wildman–Crippen LogP) is 0.835. The Bertz CT molecular complexity index is 529. The molecule has 1 aromatic rings. The summed E-state index contributed by atoms with van der Waals surface area (Å²) in [5.74, 6) is -1.58. The fourth-order valence-electron chi connectivity index (χ4n) is 1.82. The van der Waals surface area contributed by atoms with Crippen LogP contribution in [-0.2, 0) is 4.74 Å². The Balaban J connectivity index is 2.28. The molecule has 0 radical (unpaired) electrons. The van der Waals surface area contributed by atoms with Crippen molar-refractivity contribution in [1.82, 2.24) is 5.32 Å². The molecule has 102 valence electrons. The fourth-order valence-corrected chi connectivity index (χ4v) is 1.82. The average molecular weight is 269 g/mol. The molecule has 3 N–H and O–H groups in total. The first kappa shape index (κ1) is 13.2. The summed E-state index contributed by atoms with van der Waals surface area (Å²) in [4.78, 5) is 21.9. The van der Waals surface area contributed by atoms with Gasteiger partial charge in [-0.2, -0.15) is 0 Å². The molecule has 1 saturated heterocycles. The molecule has 0 spiro atoms. The lowest BCUT2D eigenvalue weighted by molar-refractivity contribution is -0.385. The molecule has 1 fully saturated rings. The molecule has 1 amide bonds. The molecule has 1 aliphatic heterocycles. The molecule has 0 saturated carbocycles. The van der Waals surface area contributed by atoms with Gasteiger partial charge in [0, 0.05) is 6.61 Å². The Morgan fingerprint density at radius 1 is 1.58 bits per heavy atom. The molecule has 1 aromatic carbocycles. The van der Waals surface area contributed by atoms with Crippen LogP contribution in [0.3, 0.4) is 0 Å². The lowest BCUT2D eigenvalue weighted by Crippen LogP contribution is -2.35. The number of nitro benzene ring substituents is 1. The summed E-state index contributed by atoms with van der Waals surface area (Å²) < 4.78 is 18.3. The smallest absolute Gasteiger partial charge is 0.285 e. The SMILES string of the molecule is Nc1cc(C(=O)NC2CCOC2)c([N+](=O)[O-])cc1F. The highest BCUT2D eigenvalue weighted by Gasteiger charge is 2.26. The van der Waals surface area contributed by atoms with Crippen molar-refractivity contribution in [1.29, 1.82) is 0 Å². The maximum Gasteiger partial charge on any atom is 0.285 e. The minimum absolute atomic E-state index is 0.196. The first-order valence-corrected chi connectivity index (χ1v) is 5.61. The van der Waals surface area contributed by atoms with E-state index >= 15 is 0 Å². The minimum atomic E-state index is -0.924. The molecule has 8 heteroatoms. The van der Waals surface area contributed by atoms with Crippen LogP contribution >= 0.6 is 0 Å². The van der Waals surface area contributed by atoms with Crippen molar-refractivity contribution in [2.75, 3.05) is 18.9 Å². The highest BCUT2D eigenvalue weighted by atomic mass is 19.1. The standard InChI is InChI=1S/C11H12FN3O4/c12-8-4-10(15(17)18)7(3-9(8)13)11(16)14-6-1-2-19-5-6/h3-4,6H,1-2,5,13H2,(H,14,16). The van der Waals surface area contributed by atoms with Gasteiger partial charge < -0.3 is 15.8 Å². The number of anilines is 1. The van der Waals surface area contributed by atoms with Gasteiger partial charge in [0.15, 0.2) is 5.82 Å².